The predicted octanol–water partition coefficient (Wildman–Crippen LogP) is 5.83. The van der Waals surface area contributed by atoms with E-state index in [4.69, 9.17) is 4.74 Å². The Hall–Kier alpha value is -4.86. The Morgan fingerprint density at radius 1 is 0.822 bits per heavy atom. The van der Waals surface area contributed by atoms with Crippen molar-refractivity contribution in [2.45, 2.75) is 73.7 Å². The lowest BCUT2D eigenvalue weighted by molar-refractivity contribution is 0.00684. The van der Waals surface area contributed by atoms with Gasteiger partial charge in [0.1, 0.15) is 11.3 Å². The molecule has 0 spiro atoms. The van der Waals surface area contributed by atoms with Crippen LogP contribution in [-0.4, -0.2) is 51.1 Å². The van der Waals surface area contributed by atoms with Crippen molar-refractivity contribution in [3.8, 4) is 5.69 Å². The van der Waals surface area contributed by atoms with E-state index < -0.39 is 5.60 Å². The highest BCUT2D eigenvalue weighted by Gasteiger charge is 2.25. The first kappa shape index (κ1) is 31.6. The molecule has 0 atom stereocenters. The number of nitrogens with zero attached hydrogens (tertiary/aromatic N) is 7. The summed E-state index contributed by atoms with van der Waals surface area (Å²) in [6, 6.07) is 17.6. The number of carbonyl (C=O) groups excluding carboxylic acids is 2. The molecule has 1 amide bonds. The molecule has 0 fully saturated rings. The van der Waals surface area contributed by atoms with Crippen LogP contribution in [0, 0.1) is 27.7 Å². The first-order valence-electron chi connectivity index (χ1n) is 15.2. The SMILES string of the molecule is Cc1ccc(CN(Cc2ccc(C)n2C)C(=O)c2ccccc2-n2cc(Cn3c(C)cc(C(=O)OC(C)(C)C)c3C)nn2)n1C. The van der Waals surface area contributed by atoms with Gasteiger partial charge in [0.2, 0.25) is 0 Å². The van der Waals surface area contributed by atoms with E-state index in [1.807, 2.05) is 94.7 Å². The first-order valence-corrected chi connectivity index (χ1v) is 15.2. The minimum Gasteiger partial charge on any atom is -0.456 e. The predicted molar refractivity (Wildman–Crippen MR) is 173 cm³/mol. The number of ether oxygens (including phenoxy) is 1. The largest absolute Gasteiger partial charge is 0.456 e. The van der Waals surface area contributed by atoms with Gasteiger partial charge in [0.05, 0.1) is 42.6 Å². The van der Waals surface area contributed by atoms with Crippen molar-refractivity contribution in [3.05, 3.63) is 112 Å². The van der Waals surface area contributed by atoms with E-state index in [0.717, 1.165) is 34.2 Å². The van der Waals surface area contributed by atoms with E-state index >= 15 is 0 Å². The lowest BCUT2D eigenvalue weighted by atomic mass is 10.1. The van der Waals surface area contributed by atoms with Crippen LogP contribution in [0.25, 0.3) is 5.69 Å². The monoisotopic (exact) mass is 609 g/mol. The maximum atomic E-state index is 14.3. The van der Waals surface area contributed by atoms with Gasteiger partial charge in [0.25, 0.3) is 5.91 Å². The fraction of sp³-hybridized carbons (Fsp3) is 0.371. The number of hydrogen-bond donors (Lipinski definition) is 0. The van der Waals surface area contributed by atoms with Gasteiger partial charge in [-0.05, 0) is 90.9 Å². The van der Waals surface area contributed by atoms with E-state index in [2.05, 4.69) is 57.6 Å². The van der Waals surface area contributed by atoms with E-state index in [-0.39, 0.29) is 11.9 Å². The van der Waals surface area contributed by atoms with Gasteiger partial charge in [0.15, 0.2) is 0 Å². The molecule has 4 aromatic heterocycles. The van der Waals surface area contributed by atoms with Crippen molar-refractivity contribution >= 4 is 11.9 Å². The first-order chi connectivity index (χ1) is 21.2. The number of para-hydroxylation sites is 1. The van der Waals surface area contributed by atoms with Crippen LogP contribution in [0.2, 0.25) is 0 Å². The van der Waals surface area contributed by atoms with Gasteiger partial charge in [-0.1, -0.05) is 17.3 Å². The van der Waals surface area contributed by atoms with Crippen LogP contribution in [-0.2, 0) is 38.5 Å². The zero-order chi connectivity index (χ0) is 32.6. The third-order valence-electron chi connectivity index (χ3n) is 8.38. The van der Waals surface area contributed by atoms with Crippen LogP contribution >= 0.6 is 0 Å². The molecule has 1 aromatic carbocycles. The number of aryl methyl sites for hydroxylation is 3. The Labute approximate surface area is 264 Å². The van der Waals surface area contributed by atoms with Crippen LogP contribution in [0.1, 0.15) is 81.3 Å². The zero-order valence-corrected chi connectivity index (χ0v) is 27.8. The van der Waals surface area contributed by atoms with Gasteiger partial charge in [-0.25, -0.2) is 9.48 Å². The Morgan fingerprint density at radius 3 is 1.98 bits per heavy atom. The molecule has 0 saturated carbocycles. The topological polar surface area (TPSA) is 92.1 Å². The summed E-state index contributed by atoms with van der Waals surface area (Å²) in [5, 5.41) is 8.86. The number of rotatable bonds is 9. The molecule has 0 aliphatic heterocycles. The third kappa shape index (κ3) is 6.64. The summed E-state index contributed by atoms with van der Waals surface area (Å²) in [4.78, 5) is 29.0. The second-order valence-corrected chi connectivity index (χ2v) is 12.8. The number of hydrogen-bond acceptors (Lipinski definition) is 5. The fourth-order valence-electron chi connectivity index (χ4n) is 5.50. The average Bonchev–Trinajstić information content (AvgIpc) is 3.74. The minimum absolute atomic E-state index is 0.0977. The van der Waals surface area contributed by atoms with Gasteiger partial charge in [0, 0.05) is 48.3 Å². The summed E-state index contributed by atoms with van der Waals surface area (Å²) in [7, 11) is 4.05. The Kier molecular flexibility index (Phi) is 8.60. The summed E-state index contributed by atoms with van der Waals surface area (Å²) in [6.45, 7) is 14.9. The average molecular weight is 610 g/mol. The van der Waals surface area contributed by atoms with E-state index in [1.165, 1.54) is 0 Å². The van der Waals surface area contributed by atoms with E-state index in [1.54, 1.807) is 4.68 Å². The van der Waals surface area contributed by atoms with Gasteiger partial charge in [-0.3, -0.25) is 4.79 Å². The summed E-state index contributed by atoms with van der Waals surface area (Å²) in [5.41, 5.74) is 7.92. The van der Waals surface area contributed by atoms with Crippen LogP contribution in [0.5, 0.6) is 0 Å². The standard InChI is InChI=1S/C35H43N7O3/c1-23-14-16-28(38(23)8)21-40(22-29-17-15-24(2)39(29)9)33(43)30-12-10-11-13-32(30)42-20-27(36-37-42)19-41-25(3)18-31(26(41)4)34(44)45-35(5,6)7/h10-18,20H,19,21-22H2,1-9H3. The highest BCUT2D eigenvalue weighted by atomic mass is 16.6. The van der Waals surface area contributed by atoms with Crippen LogP contribution in [0.4, 0.5) is 0 Å². The molecule has 0 bridgehead atoms. The number of esters is 1. The van der Waals surface area contributed by atoms with Crippen molar-refractivity contribution in [1.82, 2.24) is 33.6 Å². The summed E-state index contributed by atoms with van der Waals surface area (Å²) < 4.78 is 13.5. The van der Waals surface area contributed by atoms with Gasteiger partial charge in [-0.2, -0.15) is 0 Å². The lowest BCUT2D eigenvalue weighted by Crippen LogP contribution is -2.32. The summed E-state index contributed by atoms with van der Waals surface area (Å²) in [5.74, 6) is -0.446. The van der Waals surface area contributed by atoms with Crippen molar-refractivity contribution in [2.75, 3.05) is 0 Å². The highest BCUT2D eigenvalue weighted by Crippen LogP contribution is 2.23. The molecule has 236 valence electrons. The molecule has 0 N–H and O–H groups in total. The second-order valence-electron chi connectivity index (χ2n) is 12.8. The molecule has 0 radical (unpaired) electrons. The van der Waals surface area contributed by atoms with Crippen LogP contribution in [0.15, 0.2) is 60.8 Å². The zero-order valence-electron chi connectivity index (χ0n) is 27.8. The van der Waals surface area contributed by atoms with E-state index in [9.17, 15) is 9.59 Å². The Morgan fingerprint density at radius 2 is 1.42 bits per heavy atom. The van der Waals surface area contributed by atoms with Crippen LogP contribution in [0.3, 0.4) is 0 Å². The molecule has 0 unspecified atom stereocenters. The number of aromatic nitrogens is 6. The lowest BCUT2D eigenvalue weighted by Gasteiger charge is -2.25. The fourth-order valence-corrected chi connectivity index (χ4v) is 5.50. The quantitative estimate of drug-likeness (QED) is 0.196. The number of carbonyl (C=O) groups is 2. The Balaban J connectivity index is 1.44. The van der Waals surface area contributed by atoms with Crippen molar-refractivity contribution in [2.24, 2.45) is 14.1 Å². The third-order valence-corrected chi connectivity index (χ3v) is 8.38. The number of amides is 1. The van der Waals surface area contributed by atoms with Gasteiger partial charge >= 0.3 is 5.97 Å². The molecular weight excluding hydrogens is 566 g/mol. The van der Waals surface area contributed by atoms with Crippen molar-refractivity contribution in [1.29, 1.82) is 0 Å². The molecule has 0 aliphatic carbocycles. The second kappa shape index (κ2) is 12.3. The molecule has 0 aliphatic rings. The molecule has 10 nitrogen and oxygen atoms in total. The summed E-state index contributed by atoms with van der Waals surface area (Å²) in [6.07, 6.45) is 1.84. The van der Waals surface area contributed by atoms with Crippen molar-refractivity contribution < 1.29 is 14.3 Å². The smallest absolute Gasteiger partial charge is 0.340 e. The molecule has 10 heteroatoms. The molecule has 0 saturated heterocycles. The maximum absolute atomic E-state index is 14.3. The molecule has 45 heavy (non-hydrogen) atoms. The molecule has 4 heterocycles. The Bertz CT molecular complexity index is 1810. The number of benzene rings is 1. The molecular formula is C35H43N7O3. The molecule has 5 aromatic rings. The molecule has 5 rings (SSSR count). The van der Waals surface area contributed by atoms with Gasteiger partial charge < -0.3 is 23.3 Å². The van der Waals surface area contributed by atoms with E-state index in [0.29, 0.717) is 42.1 Å². The minimum atomic E-state index is -0.581. The highest BCUT2D eigenvalue weighted by molar-refractivity contribution is 5.97. The maximum Gasteiger partial charge on any atom is 0.340 e. The van der Waals surface area contributed by atoms with Crippen LogP contribution < -0.4 is 0 Å². The van der Waals surface area contributed by atoms with Gasteiger partial charge in [-0.15, -0.1) is 5.10 Å². The van der Waals surface area contributed by atoms with Crippen molar-refractivity contribution in [3.63, 3.8) is 0 Å². The summed E-state index contributed by atoms with van der Waals surface area (Å²) >= 11 is 0. The normalized spacial score (nSPS) is 11.7.